The summed E-state index contributed by atoms with van der Waals surface area (Å²) in [5.41, 5.74) is 3.74. The van der Waals surface area contributed by atoms with Gasteiger partial charge in [0.25, 0.3) is 0 Å². The zero-order valence-corrected chi connectivity index (χ0v) is 14.3. The van der Waals surface area contributed by atoms with Crippen molar-refractivity contribution in [2.24, 2.45) is 0 Å². The fourth-order valence-electron chi connectivity index (χ4n) is 2.76. The van der Waals surface area contributed by atoms with Crippen molar-refractivity contribution in [3.05, 3.63) is 59.7 Å². The van der Waals surface area contributed by atoms with Crippen LogP contribution in [0, 0.1) is 0 Å². The first-order chi connectivity index (χ1) is 10.8. The molecule has 0 bridgehead atoms. The third kappa shape index (κ3) is 3.45. The normalized spacial score (nSPS) is 16.7. The van der Waals surface area contributed by atoms with Crippen LogP contribution in [0.1, 0.15) is 30.5 Å². The van der Waals surface area contributed by atoms with Crippen LogP contribution in [0.3, 0.4) is 0 Å². The molecule has 0 saturated carbocycles. The Kier molecular flexibility index (Phi) is 5.01. The van der Waals surface area contributed by atoms with Gasteiger partial charge in [0.05, 0.1) is 6.04 Å². The summed E-state index contributed by atoms with van der Waals surface area (Å²) in [4.78, 5) is 1.36. The highest BCUT2D eigenvalue weighted by molar-refractivity contribution is 7.99. The number of rotatable bonds is 3. The van der Waals surface area contributed by atoms with Crippen LogP contribution in [0.15, 0.2) is 53.4 Å². The molecule has 1 aliphatic rings. The first-order valence-corrected chi connectivity index (χ1v) is 9.04. The zero-order chi connectivity index (χ0) is 15.4. The van der Waals surface area contributed by atoms with Gasteiger partial charge >= 0.3 is 0 Å². The van der Waals surface area contributed by atoms with Gasteiger partial charge in [-0.3, -0.25) is 0 Å². The second-order valence-electron chi connectivity index (χ2n) is 5.34. The molecule has 2 aromatic carbocycles. The van der Waals surface area contributed by atoms with Gasteiger partial charge in [-0.05, 0) is 48.3 Å². The number of hydrogen-bond donors (Lipinski definition) is 2. The molecule has 2 aromatic rings. The molecule has 0 unspecified atom stereocenters. The highest BCUT2D eigenvalue weighted by atomic mass is 32.2. The minimum Gasteiger partial charge on any atom is -0.356 e. The Morgan fingerprint density at radius 2 is 1.95 bits per heavy atom. The van der Waals surface area contributed by atoms with E-state index in [-0.39, 0.29) is 0 Å². The van der Waals surface area contributed by atoms with E-state index in [1.807, 2.05) is 17.8 Å². The van der Waals surface area contributed by atoms with E-state index in [1.165, 1.54) is 16.0 Å². The van der Waals surface area contributed by atoms with Crippen molar-refractivity contribution in [3.8, 4) is 0 Å². The lowest BCUT2D eigenvalue weighted by molar-refractivity contribution is 0.614. The van der Waals surface area contributed by atoms with Crippen LogP contribution in [0.2, 0.25) is 0 Å². The summed E-state index contributed by atoms with van der Waals surface area (Å²) in [6.45, 7) is 2.16. The minimum atomic E-state index is 0.297. The molecule has 0 fully saturated rings. The number of thiocarbonyl (C=S) groups is 1. The lowest BCUT2D eigenvalue weighted by Crippen LogP contribution is -2.34. The predicted octanol–water partition coefficient (Wildman–Crippen LogP) is 4.77. The van der Waals surface area contributed by atoms with Crippen LogP contribution < -0.4 is 10.6 Å². The fraction of sp³-hybridized carbons (Fsp3) is 0.278. The lowest BCUT2D eigenvalue weighted by atomic mass is 10.0. The molecule has 1 aliphatic heterocycles. The molecule has 1 atom stereocenters. The fourth-order valence-corrected chi connectivity index (χ4v) is 4.14. The molecule has 0 spiro atoms. The largest absolute Gasteiger partial charge is 0.356 e. The Balaban J connectivity index is 1.70. The number of para-hydroxylation sites is 1. The van der Waals surface area contributed by atoms with E-state index in [2.05, 4.69) is 60.0 Å². The van der Waals surface area contributed by atoms with E-state index >= 15 is 0 Å². The summed E-state index contributed by atoms with van der Waals surface area (Å²) in [5.74, 6) is 1.13. The summed E-state index contributed by atoms with van der Waals surface area (Å²) in [6.07, 6.45) is 2.09. The first kappa shape index (κ1) is 15.4. The predicted molar refractivity (Wildman–Crippen MR) is 99.7 cm³/mol. The molecule has 0 aromatic heterocycles. The maximum Gasteiger partial charge on any atom is 0.171 e. The Morgan fingerprint density at radius 3 is 2.82 bits per heavy atom. The van der Waals surface area contributed by atoms with E-state index in [1.54, 1.807) is 0 Å². The van der Waals surface area contributed by atoms with Crippen molar-refractivity contribution >= 4 is 34.8 Å². The van der Waals surface area contributed by atoms with E-state index in [0.717, 1.165) is 24.3 Å². The van der Waals surface area contributed by atoms with E-state index in [4.69, 9.17) is 12.2 Å². The van der Waals surface area contributed by atoms with Crippen molar-refractivity contribution < 1.29 is 0 Å². The molecule has 2 N–H and O–H groups in total. The van der Waals surface area contributed by atoms with Gasteiger partial charge in [0.2, 0.25) is 0 Å². The maximum atomic E-state index is 5.52. The molecule has 2 nitrogen and oxygen atoms in total. The van der Waals surface area contributed by atoms with Gasteiger partial charge in [-0.25, -0.2) is 0 Å². The van der Waals surface area contributed by atoms with Crippen molar-refractivity contribution in [3.63, 3.8) is 0 Å². The SMILES string of the molecule is CCc1ccccc1NC(=S)N[C@H]1CCSc2ccccc21. The third-order valence-electron chi connectivity index (χ3n) is 3.91. The number of anilines is 1. The number of thioether (sulfide) groups is 1. The molecule has 0 radical (unpaired) electrons. The minimum absolute atomic E-state index is 0.297. The van der Waals surface area contributed by atoms with Crippen LogP contribution in [0.25, 0.3) is 0 Å². The second kappa shape index (κ2) is 7.16. The molecule has 0 aliphatic carbocycles. The lowest BCUT2D eigenvalue weighted by Gasteiger charge is -2.27. The average molecular weight is 329 g/mol. The molecule has 22 heavy (non-hydrogen) atoms. The maximum absolute atomic E-state index is 5.52. The van der Waals surface area contributed by atoms with Crippen molar-refractivity contribution in [1.29, 1.82) is 0 Å². The first-order valence-electron chi connectivity index (χ1n) is 7.65. The summed E-state index contributed by atoms with van der Waals surface area (Å²) in [5, 5.41) is 7.54. The number of aryl methyl sites for hydroxylation is 1. The number of nitrogens with one attached hydrogen (secondary N) is 2. The Morgan fingerprint density at radius 1 is 1.18 bits per heavy atom. The highest BCUT2D eigenvalue weighted by Gasteiger charge is 2.20. The molecule has 4 heteroatoms. The van der Waals surface area contributed by atoms with Crippen LogP contribution >= 0.6 is 24.0 Å². The van der Waals surface area contributed by atoms with Gasteiger partial charge in [-0.1, -0.05) is 43.3 Å². The van der Waals surface area contributed by atoms with Gasteiger partial charge in [0.15, 0.2) is 5.11 Å². The molecular weight excluding hydrogens is 308 g/mol. The van der Waals surface area contributed by atoms with Gasteiger partial charge in [-0.15, -0.1) is 11.8 Å². The highest BCUT2D eigenvalue weighted by Crippen LogP contribution is 2.35. The summed E-state index contributed by atoms with van der Waals surface area (Å²) in [7, 11) is 0. The van der Waals surface area contributed by atoms with E-state index < -0.39 is 0 Å². The number of fused-ring (bicyclic) bond motifs is 1. The molecule has 1 heterocycles. The van der Waals surface area contributed by atoms with Crippen LogP contribution in [0.5, 0.6) is 0 Å². The van der Waals surface area contributed by atoms with Crippen molar-refractivity contribution in [1.82, 2.24) is 5.32 Å². The summed E-state index contributed by atoms with van der Waals surface area (Å²) in [6, 6.07) is 17.2. The molecule has 114 valence electrons. The summed E-state index contributed by atoms with van der Waals surface area (Å²) >= 11 is 7.45. The molecular formula is C18H20N2S2. The standard InChI is InChI=1S/C18H20N2S2/c1-2-13-7-3-5-9-15(13)19-18(21)20-16-11-12-22-17-10-6-4-8-14(16)17/h3-10,16H,2,11-12H2,1H3,(H2,19,20,21)/t16-/m0/s1. The van der Waals surface area contributed by atoms with Crippen LogP contribution in [-0.2, 0) is 6.42 Å². The average Bonchev–Trinajstić information content (AvgIpc) is 2.55. The zero-order valence-electron chi connectivity index (χ0n) is 12.6. The smallest absolute Gasteiger partial charge is 0.171 e. The van der Waals surface area contributed by atoms with Crippen molar-refractivity contribution in [2.45, 2.75) is 30.7 Å². The van der Waals surface area contributed by atoms with Gasteiger partial charge in [0.1, 0.15) is 0 Å². The van der Waals surface area contributed by atoms with Gasteiger partial charge in [-0.2, -0.15) is 0 Å². The number of benzene rings is 2. The quantitative estimate of drug-likeness (QED) is 0.792. The van der Waals surface area contributed by atoms with E-state index in [0.29, 0.717) is 11.2 Å². The molecule has 0 amide bonds. The third-order valence-corrected chi connectivity index (χ3v) is 5.25. The Bertz CT molecular complexity index is 670. The Hall–Kier alpha value is -1.52. The summed E-state index contributed by atoms with van der Waals surface area (Å²) < 4.78 is 0. The van der Waals surface area contributed by atoms with Gasteiger partial charge < -0.3 is 10.6 Å². The topological polar surface area (TPSA) is 24.1 Å². The molecule has 0 saturated heterocycles. The van der Waals surface area contributed by atoms with Crippen LogP contribution in [-0.4, -0.2) is 10.9 Å². The van der Waals surface area contributed by atoms with Gasteiger partial charge in [0, 0.05) is 16.3 Å². The second-order valence-corrected chi connectivity index (χ2v) is 6.88. The monoisotopic (exact) mass is 328 g/mol. The number of hydrogen-bond acceptors (Lipinski definition) is 2. The Labute approximate surface area is 141 Å². The van der Waals surface area contributed by atoms with Crippen molar-refractivity contribution in [2.75, 3.05) is 11.1 Å². The molecule has 3 rings (SSSR count). The van der Waals surface area contributed by atoms with E-state index in [9.17, 15) is 0 Å². The van der Waals surface area contributed by atoms with Crippen LogP contribution in [0.4, 0.5) is 5.69 Å².